The molecule has 0 aromatic carbocycles. The minimum atomic E-state index is -1.40. The third-order valence-corrected chi connectivity index (χ3v) is 6.53. The Morgan fingerprint density at radius 3 is 2.22 bits per heavy atom. The molecule has 0 aromatic rings. The van der Waals surface area contributed by atoms with Crippen LogP contribution in [-0.4, -0.2) is 29.6 Å². The number of ether oxygens (including phenoxy) is 2. The van der Waals surface area contributed by atoms with Crippen LogP contribution in [0.2, 0.25) is 0 Å². The number of hydrogen-bond acceptors (Lipinski definition) is 4. The van der Waals surface area contributed by atoms with Gasteiger partial charge in [0.1, 0.15) is 0 Å². The summed E-state index contributed by atoms with van der Waals surface area (Å²) in [5.41, 5.74) is -0.622. The monoisotopic (exact) mass is 328 g/mol. The van der Waals surface area contributed by atoms with Crippen LogP contribution >= 0.6 is 0 Å². The molecular formula is C19H36O4. The maximum Gasteiger partial charge on any atom is 0.335 e. The van der Waals surface area contributed by atoms with E-state index in [1.807, 2.05) is 0 Å². The Hall–Kier alpha value is -0.610. The summed E-state index contributed by atoms with van der Waals surface area (Å²) in [5, 5.41) is 11.3. The maximum atomic E-state index is 11.8. The fraction of sp³-hybridized carbons (Fsp3) is 0.947. The molecule has 0 aliphatic carbocycles. The predicted molar refractivity (Wildman–Crippen MR) is 91.9 cm³/mol. The second kappa shape index (κ2) is 7.10. The van der Waals surface area contributed by atoms with Crippen molar-refractivity contribution in [3.8, 4) is 0 Å². The molecule has 1 aliphatic heterocycles. The molecule has 4 atom stereocenters. The van der Waals surface area contributed by atoms with Crippen LogP contribution in [0.5, 0.6) is 0 Å². The highest BCUT2D eigenvalue weighted by Gasteiger charge is 2.55. The van der Waals surface area contributed by atoms with Crippen molar-refractivity contribution < 1.29 is 19.4 Å². The third-order valence-electron chi connectivity index (χ3n) is 6.53. The van der Waals surface area contributed by atoms with Gasteiger partial charge in [0.25, 0.3) is 0 Å². The van der Waals surface area contributed by atoms with Crippen molar-refractivity contribution in [2.24, 2.45) is 22.7 Å². The molecule has 4 unspecified atom stereocenters. The van der Waals surface area contributed by atoms with Gasteiger partial charge in [-0.1, -0.05) is 54.9 Å². The molecule has 0 spiro atoms. The van der Waals surface area contributed by atoms with E-state index in [-0.39, 0.29) is 11.4 Å². The fourth-order valence-electron chi connectivity index (χ4n) is 3.35. The van der Waals surface area contributed by atoms with Crippen LogP contribution in [0.25, 0.3) is 0 Å². The molecule has 1 N–H and O–H groups in total. The van der Waals surface area contributed by atoms with Crippen LogP contribution in [-0.2, 0) is 14.3 Å². The summed E-state index contributed by atoms with van der Waals surface area (Å²) in [4.78, 5) is 11.8. The highest BCUT2D eigenvalue weighted by molar-refractivity contribution is 5.76. The van der Waals surface area contributed by atoms with Crippen LogP contribution in [0.1, 0.15) is 74.7 Å². The highest BCUT2D eigenvalue weighted by atomic mass is 16.7. The SMILES string of the molecule is CCC(C)(C)C(C)(CC(C)C(C)C)C(C)(O)OC1CCOC1=O. The fourth-order valence-corrected chi connectivity index (χ4v) is 3.35. The summed E-state index contributed by atoms with van der Waals surface area (Å²) < 4.78 is 10.9. The molecule has 0 bridgehead atoms. The minimum absolute atomic E-state index is 0.137. The smallest absolute Gasteiger partial charge is 0.335 e. The largest absolute Gasteiger partial charge is 0.464 e. The lowest BCUT2D eigenvalue weighted by Crippen LogP contribution is -2.57. The van der Waals surface area contributed by atoms with Gasteiger partial charge < -0.3 is 14.6 Å². The van der Waals surface area contributed by atoms with Gasteiger partial charge in [-0.25, -0.2) is 4.79 Å². The van der Waals surface area contributed by atoms with Crippen molar-refractivity contribution in [3.63, 3.8) is 0 Å². The second-order valence-electron chi connectivity index (χ2n) is 8.54. The standard InChI is InChI=1S/C19H36O4/c1-9-17(5,6)18(7,12-14(4)13(2)3)19(8,21)23-15-10-11-22-16(15)20/h13-15,21H,9-12H2,1-8H3. The van der Waals surface area contributed by atoms with Crippen LogP contribution in [0.3, 0.4) is 0 Å². The van der Waals surface area contributed by atoms with Crippen molar-refractivity contribution in [1.82, 2.24) is 0 Å². The first kappa shape index (κ1) is 20.4. The zero-order valence-electron chi connectivity index (χ0n) is 16.2. The second-order valence-corrected chi connectivity index (χ2v) is 8.54. The number of cyclic esters (lactones) is 1. The van der Waals surface area contributed by atoms with Gasteiger partial charge in [0.2, 0.25) is 0 Å². The zero-order chi connectivity index (χ0) is 18.1. The lowest BCUT2D eigenvalue weighted by molar-refractivity contribution is -0.304. The van der Waals surface area contributed by atoms with E-state index in [0.29, 0.717) is 24.9 Å². The lowest BCUT2D eigenvalue weighted by atomic mass is 9.57. The Morgan fingerprint density at radius 1 is 1.26 bits per heavy atom. The molecule has 0 radical (unpaired) electrons. The van der Waals surface area contributed by atoms with Crippen LogP contribution in [0.4, 0.5) is 0 Å². The van der Waals surface area contributed by atoms with Gasteiger partial charge >= 0.3 is 5.97 Å². The lowest BCUT2D eigenvalue weighted by Gasteiger charge is -2.54. The van der Waals surface area contributed by atoms with Gasteiger partial charge in [0, 0.05) is 11.8 Å². The number of aliphatic hydroxyl groups is 1. The van der Waals surface area contributed by atoms with Gasteiger partial charge in [-0.05, 0) is 30.6 Å². The normalized spacial score (nSPS) is 25.8. The van der Waals surface area contributed by atoms with Gasteiger partial charge in [-0.15, -0.1) is 0 Å². The molecule has 0 amide bonds. The summed E-state index contributed by atoms with van der Waals surface area (Å²) in [6, 6.07) is 0. The molecule has 1 fully saturated rings. The molecule has 0 saturated carbocycles. The first-order valence-corrected chi connectivity index (χ1v) is 8.95. The van der Waals surface area contributed by atoms with Crippen LogP contribution in [0, 0.1) is 22.7 Å². The number of carbonyl (C=O) groups is 1. The first-order chi connectivity index (χ1) is 10.4. The Morgan fingerprint density at radius 2 is 1.83 bits per heavy atom. The highest BCUT2D eigenvalue weighted by Crippen LogP contribution is 2.54. The summed E-state index contributed by atoms with van der Waals surface area (Å²) in [5.74, 6) is -0.798. The number of esters is 1. The Labute approximate surface area is 141 Å². The first-order valence-electron chi connectivity index (χ1n) is 8.95. The van der Waals surface area contributed by atoms with Crippen LogP contribution < -0.4 is 0 Å². The Balaban J connectivity index is 3.13. The quantitative estimate of drug-likeness (QED) is 0.537. The Bertz CT molecular complexity index is 414. The topological polar surface area (TPSA) is 55.8 Å². The summed E-state index contributed by atoms with van der Waals surface area (Å²) >= 11 is 0. The molecule has 1 rings (SSSR count). The minimum Gasteiger partial charge on any atom is -0.464 e. The van der Waals surface area contributed by atoms with E-state index < -0.39 is 17.3 Å². The summed E-state index contributed by atoms with van der Waals surface area (Å²) in [6.07, 6.45) is 1.60. The van der Waals surface area contributed by atoms with E-state index in [9.17, 15) is 9.90 Å². The van der Waals surface area contributed by atoms with Gasteiger partial charge in [-0.2, -0.15) is 0 Å². The summed E-state index contributed by atoms with van der Waals surface area (Å²) in [7, 11) is 0. The van der Waals surface area contributed by atoms with E-state index in [1.54, 1.807) is 6.92 Å². The van der Waals surface area contributed by atoms with E-state index in [4.69, 9.17) is 9.47 Å². The van der Waals surface area contributed by atoms with Crippen molar-refractivity contribution in [2.45, 2.75) is 86.5 Å². The van der Waals surface area contributed by atoms with E-state index >= 15 is 0 Å². The molecule has 23 heavy (non-hydrogen) atoms. The van der Waals surface area contributed by atoms with Gasteiger partial charge in [0.05, 0.1) is 6.61 Å². The number of carbonyl (C=O) groups excluding carboxylic acids is 1. The van der Waals surface area contributed by atoms with E-state index in [2.05, 4.69) is 48.5 Å². The molecule has 4 nitrogen and oxygen atoms in total. The average molecular weight is 328 g/mol. The third kappa shape index (κ3) is 4.08. The van der Waals surface area contributed by atoms with E-state index in [1.165, 1.54) is 0 Å². The maximum absolute atomic E-state index is 11.8. The molecule has 1 heterocycles. The Kier molecular flexibility index (Phi) is 6.31. The van der Waals surface area contributed by atoms with Crippen LogP contribution in [0.15, 0.2) is 0 Å². The predicted octanol–water partition coefficient (Wildman–Crippen LogP) is 4.15. The number of rotatable bonds is 8. The average Bonchev–Trinajstić information content (AvgIpc) is 2.82. The zero-order valence-corrected chi connectivity index (χ0v) is 16.2. The molecular weight excluding hydrogens is 292 g/mol. The van der Waals surface area contributed by atoms with Gasteiger partial charge in [-0.3, -0.25) is 0 Å². The van der Waals surface area contributed by atoms with Crippen molar-refractivity contribution in [2.75, 3.05) is 6.61 Å². The molecule has 1 aliphatic rings. The van der Waals surface area contributed by atoms with E-state index in [0.717, 1.165) is 12.8 Å². The number of hydrogen-bond donors (Lipinski definition) is 1. The molecule has 0 aromatic heterocycles. The van der Waals surface area contributed by atoms with Gasteiger partial charge in [0.15, 0.2) is 11.9 Å². The summed E-state index contributed by atoms with van der Waals surface area (Å²) in [6.45, 7) is 17.3. The van der Waals surface area contributed by atoms with Crippen molar-refractivity contribution in [1.29, 1.82) is 0 Å². The molecule has 1 saturated heterocycles. The molecule has 4 heteroatoms. The van der Waals surface area contributed by atoms with Crippen molar-refractivity contribution in [3.05, 3.63) is 0 Å². The van der Waals surface area contributed by atoms with Crippen molar-refractivity contribution >= 4 is 5.97 Å². The molecule has 136 valence electrons.